The molecule has 2 aromatic carbocycles. The smallest absolute Gasteiger partial charge is 0.317 e. The van der Waals surface area contributed by atoms with Gasteiger partial charge in [0.05, 0.1) is 17.4 Å². The molecule has 0 bridgehead atoms. The molecule has 32 heavy (non-hydrogen) atoms. The number of sulfonamides is 1. The van der Waals surface area contributed by atoms with E-state index in [0.29, 0.717) is 5.57 Å². The van der Waals surface area contributed by atoms with E-state index in [0.717, 1.165) is 21.2 Å². The summed E-state index contributed by atoms with van der Waals surface area (Å²) in [6, 6.07) is 14.4. The van der Waals surface area contributed by atoms with Crippen LogP contribution in [0.2, 0.25) is 0 Å². The first kappa shape index (κ1) is 24.2. The van der Waals surface area contributed by atoms with Gasteiger partial charge in [0.15, 0.2) is 0 Å². The summed E-state index contributed by atoms with van der Waals surface area (Å²) in [5.41, 5.74) is 3.49. The molecule has 5 nitrogen and oxygen atoms in total. The highest BCUT2D eigenvalue weighted by molar-refractivity contribution is 9.10. The Morgan fingerprint density at radius 2 is 1.81 bits per heavy atom. The average molecular weight is 516 g/mol. The summed E-state index contributed by atoms with van der Waals surface area (Å²) < 4.78 is 33.9. The van der Waals surface area contributed by atoms with E-state index in [1.165, 1.54) is 4.31 Å². The summed E-state index contributed by atoms with van der Waals surface area (Å²) in [4.78, 5) is 13.0. The topological polar surface area (TPSA) is 63.7 Å². The van der Waals surface area contributed by atoms with Crippen LogP contribution in [0.5, 0.6) is 0 Å². The molecule has 0 amide bonds. The van der Waals surface area contributed by atoms with E-state index < -0.39 is 21.9 Å². The van der Waals surface area contributed by atoms with Crippen molar-refractivity contribution in [2.45, 2.75) is 18.7 Å². The molecular formula is C25H26BrNO4S. The molecule has 0 spiro atoms. The van der Waals surface area contributed by atoms with Crippen LogP contribution >= 0.6 is 15.9 Å². The highest BCUT2D eigenvalue weighted by atomic mass is 79.9. The average Bonchev–Trinajstić information content (AvgIpc) is 3.21. The van der Waals surface area contributed by atoms with Crippen molar-refractivity contribution < 1.29 is 17.9 Å². The van der Waals surface area contributed by atoms with Crippen molar-refractivity contribution in [2.75, 3.05) is 19.7 Å². The van der Waals surface area contributed by atoms with Gasteiger partial charge in [-0.2, -0.15) is 4.31 Å². The van der Waals surface area contributed by atoms with E-state index in [1.807, 2.05) is 37.3 Å². The van der Waals surface area contributed by atoms with Crippen LogP contribution in [0.15, 0.2) is 87.8 Å². The van der Waals surface area contributed by atoms with Crippen molar-refractivity contribution in [2.24, 2.45) is 5.92 Å². The highest BCUT2D eigenvalue weighted by Gasteiger charge is 2.36. The van der Waals surface area contributed by atoms with Crippen LogP contribution in [0.1, 0.15) is 18.1 Å². The molecule has 168 valence electrons. The zero-order chi connectivity index (χ0) is 23.3. The third kappa shape index (κ3) is 5.46. The van der Waals surface area contributed by atoms with Gasteiger partial charge in [-0.25, -0.2) is 8.42 Å². The van der Waals surface area contributed by atoms with E-state index in [2.05, 4.69) is 22.5 Å². The molecule has 0 fully saturated rings. The summed E-state index contributed by atoms with van der Waals surface area (Å²) in [5, 5.41) is 0. The molecule has 0 radical (unpaired) electrons. The summed E-state index contributed by atoms with van der Waals surface area (Å²) >= 11 is 3.33. The van der Waals surface area contributed by atoms with Crippen molar-refractivity contribution in [3.05, 3.63) is 94.0 Å². The van der Waals surface area contributed by atoms with E-state index in [4.69, 9.17) is 4.74 Å². The molecule has 1 unspecified atom stereocenters. The minimum Gasteiger partial charge on any atom is -0.465 e. The van der Waals surface area contributed by atoms with Gasteiger partial charge in [0.1, 0.15) is 0 Å². The second kappa shape index (κ2) is 10.4. The summed E-state index contributed by atoms with van der Waals surface area (Å²) in [6.07, 6.45) is 5.26. The molecule has 3 rings (SSSR count). The third-order valence-electron chi connectivity index (χ3n) is 5.28. The fraction of sp³-hybridized carbons (Fsp3) is 0.240. The SMILES string of the molecule is C=CC1=C(C(/C=C/c2ccc(C)cc2)C(=O)OCC)CN(S(=O)(=O)c2ccc(Br)cc2)C1. The van der Waals surface area contributed by atoms with Crippen molar-refractivity contribution >= 4 is 38.0 Å². The Morgan fingerprint density at radius 3 is 2.41 bits per heavy atom. The van der Waals surface area contributed by atoms with Crippen molar-refractivity contribution in [1.29, 1.82) is 0 Å². The number of halogens is 1. The lowest BCUT2D eigenvalue weighted by Gasteiger charge is -2.18. The lowest BCUT2D eigenvalue weighted by Crippen LogP contribution is -2.31. The van der Waals surface area contributed by atoms with Crippen LogP contribution in [-0.2, 0) is 19.6 Å². The molecular weight excluding hydrogens is 490 g/mol. The van der Waals surface area contributed by atoms with Gasteiger partial charge in [-0.1, -0.05) is 70.6 Å². The maximum absolute atomic E-state index is 13.2. The molecule has 7 heteroatoms. The molecule has 0 saturated carbocycles. The Kier molecular flexibility index (Phi) is 7.87. The standard InChI is InChI=1S/C25H26BrNO4S/c1-4-20-16-27(32(29,30)22-13-11-21(26)12-14-22)17-24(20)23(25(28)31-5-2)15-10-19-8-6-18(3)7-9-19/h4,6-15,23H,1,5,16-17H2,2-3H3/b15-10+. The zero-order valence-corrected chi connectivity index (χ0v) is 20.5. The lowest BCUT2D eigenvalue weighted by molar-refractivity contribution is -0.145. The predicted molar refractivity (Wildman–Crippen MR) is 130 cm³/mol. The van der Waals surface area contributed by atoms with Crippen molar-refractivity contribution in [3.8, 4) is 0 Å². The number of benzene rings is 2. The lowest BCUT2D eigenvalue weighted by atomic mass is 9.94. The Hall–Kier alpha value is -2.48. The molecule has 0 aliphatic carbocycles. The largest absolute Gasteiger partial charge is 0.465 e. The number of rotatable bonds is 8. The van der Waals surface area contributed by atoms with Crippen LogP contribution in [-0.4, -0.2) is 38.4 Å². The first-order valence-corrected chi connectivity index (χ1v) is 12.5. The summed E-state index contributed by atoms with van der Waals surface area (Å²) in [6.45, 7) is 8.11. The molecule has 0 aromatic heterocycles. The van der Waals surface area contributed by atoms with Gasteiger partial charge in [-0.05, 0) is 54.8 Å². The minimum absolute atomic E-state index is 0.0987. The number of aryl methyl sites for hydroxylation is 1. The molecule has 2 aromatic rings. The molecule has 1 aliphatic rings. The minimum atomic E-state index is -3.73. The van der Waals surface area contributed by atoms with Gasteiger partial charge in [-0.3, -0.25) is 4.79 Å². The number of hydrogen-bond donors (Lipinski definition) is 0. The van der Waals surface area contributed by atoms with E-state index in [-0.39, 0.29) is 24.6 Å². The molecule has 1 aliphatic heterocycles. The first-order chi connectivity index (χ1) is 15.3. The number of hydrogen-bond acceptors (Lipinski definition) is 4. The maximum Gasteiger partial charge on any atom is 0.317 e. The van der Waals surface area contributed by atoms with Crippen molar-refractivity contribution in [3.63, 3.8) is 0 Å². The van der Waals surface area contributed by atoms with Crippen LogP contribution in [0.4, 0.5) is 0 Å². The van der Waals surface area contributed by atoms with Crippen LogP contribution in [0.25, 0.3) is 6.08 Å². The van der Waals surface area contributed by atoms with Gasteiger partial charge in [0.2, 0.25) is 10.0 Å². The van der Waals surface area contributed by atoms with Crippen molar-refractivity contribution in [1.82, 2.24) is 4.31 Å². The Balaban J connectivity index is 1.92. The molecule has 1 heterocycles. The summed E-state index contributed by atoms with van der Waals surface area (Å²) in [5.74, 6) is -1.11. The number of esters is 1. The Labute approximate surface area is 198 Å². The second-order valence-corrected chi connectivity index (χ2v) is 10.3. The quantitative estimate of drug-likeness (QED) is 0.456. The highest BCUT2D eigenvalue weighted by Crippen LogP contribution is 2.32. The summed E-state index contributed by atoms with van der Waals surface area (Å²) in [7, 11) is -3.73. The van der Waals surface area contributed by atoms with E-state index in [9.17, 15) is 13.2 Å². The fourth-order valence-electron chi connectivity index (χ4n) is 3.51. The molecule has 0 saturated heterocycles. The number of ether oxygens (including phenoxy) is 1. The maximum atomic E-state index is 13.2. The Morgan fingerprint density at radius 1 is 1.16 bits per heavy atom. The first-order valence-electron chi connectivity index (χ1n) is 10.3. The van der Waals surface area contributed by atoms with Gasteiger partial charge in [0, 0.05) is 17.6 Å². The third-order valence-corrected chi connectivity index (χ3v) is 7.61. The monoisotopic (exact) mass is 515 g/mol. The number of carbonyl (C=O) groups excluding carboxylic acids is 1. The van der Waals surface area contributed by atoms with Gasteiger partial charge in [-0.15, -0.1) is 0 Å². The van der Waals surface area contributed by atoms with Gasteiger partial charge >= 0.3 is 5.97 Å². The zero-order valence-electron chi connectivity index (χ0n) is 18.1. The Bertz CT molecular complexity index is 1150. The molecule has 0 N–H and O–H groups in total. The normalized spacial score (nSPS) is 15.8. The van der Waals surface area contributed by atoms with E-state index >= 15 is 0 Å². The predicted octanol–water partition coefficient (Wildman–Crippen LogP) is 5.14. The van der Waals surface area contributed by atoms with Crippen LogP contribution < -0.4 is 0 Å². The number of nitrogens with zero attached hydrogens (tertiary/aromatic N) is 1. The number of carbonyl (C=O) groups is 1. The van der Waals surface area contributed by atoms with Gasteiger partial charge in [0.25, 0.3) is 0 Å². The van der Waals surface area contributed by atoms with Crippen LogP contribution in [0.3, 0.4) is 0 Å². The second-order valence-electron chi connectivity index (χ2n) is 7.48. The fourth-order valence-corrected chi connectivity index (χ4v) is 5.17. The molecule has 1 atom stereocenters. The van der Waals surface area contributed by atoms with Crippen LogP contribution in [0, 0.1) is 12.8 Å². The van der Waals surface area contributed by atoms with E-state index in [1.54, 1.807) is 43.3 Å². The van der Waals surface area contributed by atoms with Gasteiger partial charge < -0.3 is 4.74 Å².